The van der Waals surface area contributed by atoms with E-state index >= 15 is 0 Å². The lowest BCUT2D eigenvalue weighted by Gasteiger charge is -2.22. The van der Waals surface area contributed by atoms with Crippen molar-refractivity contribution in [2.24, 2.45) is 11.1 Å². The molecule has 0 saturated heterocycles. The number of allylic oxidation sites excluding steroid dienone is 3. The second kappa shape index (κ2) is 8.62. The van der Waals surface area contributed by atoms with E-state index in [1.54, 1.807) is 30.4 Å². The quantitative estimate of drug-likeness (QED) is 0.711. The van der Waals surface area contributed by atoms with Gasteiger partial charge in [0, 0.05) is 12.1 Å². The Balaban J connectivity index is 2.16. The Bertz CT molecular complexity index is 826. The number of primary sulfonamides is 1. The molecule has 0 radical (unpaired) electrons. The highest BCUT2D eigenvalue weighted by Crippen LogP contribution is 2.33. The summed E-state index contributed by atoms with van der Waals surface area (Å²) in [6.07, 6.45) is 4.24. The number of carbonyl (C=O) groups excluding carboxylic acids is 1. The fraction of sp³-hybridized carbons (Fsp3) is 0.421. The van der Waals surface area contributed by atoms with Gasteiger partial charge < -0.3 is 10.1 Å². The van der Waals surface area contributed by atoms with Gasteiger partial charge in [-0.05, 0) is 43.4 Å². The van der Waals surface area contributed by atoms with Crippen molar-refractivity contribution in [1.29, 1.82) is 0 Å². The van der Waals surface area contributed by atoms with Gasteiger partial charge in [-0.15, -0.1) is 0 Å². The van der Waals surface area contributed by atoms with Gasteiger partial charge in [-0.25, -0.2) is 13.6 Å². The van der Waals surface area contributed by atoms with Crippen LogP contribution >= 0.6 is 0 Å². The SMILES string of the molecule is CC(C)OCCNC(=O)C1=CC=C(c2ccccc2S(N)(=O)=O)CC1C. The number of hydrogen-bond donors (Lipinski definition) is 2. The minimum absolute atomic E-state index is 0.0328. The molecular weight excluding hydrogens is 352 g/mol. The molecule has 0 saturated carbocycles. The largest absolute Gasteiger partial charge is 0.377 e. The molecule has 1 aliphatic rings. The Morgan fingerprint density at radius 1 is 1.31 bits per heavy atom. The van der Waals surface area contributed by atoms with Crippen LogP contribution < -0.4 is 10.5 Å². The molecule has 1 atom stereocenters. The Morgan fingerprint density at radius 3 is 2.62 bits per heavy atom. The van der Waals surface area contributed by atoms with E-state index in [-0.39, 0.29) is 22.8 Å². The molecule has 0 fully saturated rings. The number of carbonyl (C=O) groups is 1. The zero-order valence-corrected chi connectivity index (χ0v) is 16.2. The van der Waals surface area contributed by atoms with Crippen molar-refractivity contribution >= 4 is 21.5 Å². The summed E-state index contributed by atoms with van der Waals surface area (Å²) in [6.45, 7) is 6.75. The molecule has 1 aromatic carbocycles. The van der Waals surface area contributed by atoms with Crippen LogP contribution in [0.25, 0.3) is 5.57 Å². The van der Waals surface area contributed by atoms with E-state index in [1.165, 1.54) is 6.07 Å². The summed E-state index contributed by atoms with van der Waals surface area (Å²) in [4.78, 5) is 12.4. The number of sulfonamides is 1. The number of nitrogens with two attached hydrogens (primary N) is 1. The molecule has 0 bridgehead atoms. The second-order valence-corrected chi connectivity index (χ2v) is 8.17. The summed E-state index contributed by atoms with van der Waals surface area (Å²) in [7, 11) is -3.81. The summed E-state index contributed by atoms with van der Waals surface area (Å²) >= 11 is 0. The number of benzene rings is 1. The number of nitrogens with one attached hydrogen (secondary N) is 1. The minimum atomic E-state index is -3.81. The smallest absolute Gasteiger partial charge is 0.247 e. The fourth-order valence-corrected chi connectivity index (χ4v) is 3.68. The van der Waals surface area contributed by atoms with Gasteiger partial charge in [0.1, 0.15) is 0 Å². The zero-order chi connectivity index (χ0) is 19.3. The molecule has 0 spiro atoms. The monoisotopic (exact) mass is 378 g/mol. The molecule has 1 aromatic rings. The average molecular weight is 378 g/mol. The van der Waals surface area contributed by atoms with Gasteiger partial charge >= 0.3 is 0 Å². The molecule has 0 heterocycles. The number of amides is 1. The molecule has 142 valence electrons. The molecule has 7 heteroatoms. The lowest BCUT2D eigenvalue weighted by molar-refractivity contribution is -0.118. The highest BCUT2D eigenvalue weighted by atomic mass is 32.2. The normalized spacial score (nSPS) is 17.7. The molecule has 0 aliphatic heterocycles. The van der Waals surface area contributed by atoms with Gasteiger partial charge in [0.25, 0.3) is 0 Å². The maximum atomic E-state index is 12.3. The van der Waals surface area contributed by atoms with Crippen LogP contribution in [0.5, 0.6) is 0 Å². The van der Waals surface area contributed by atoms with E-state index in [1.807, 2.05) is 20.8 Å². The first-order chi connectivity index (χ1) is 12.2. The summed E-state index contributed by atoms with van der Waals surface area (Å²) < 4.78 is 29.0. The van der Waals surface area contributed by atoms with Crippen molar-refractivity contribution in [2.45, 2.75) is 38.2 Å². The van der Waals surface area contributed by atoms with Gasteiger partial charge in [-0.3, -0.25) is 4.79 Å². The van der Waals surface area contributed by atoms with Gasteiger partial charge in [0.15, 0.2) is 0 Å². The predicted octanol–water partition coefficient (Wildman–Crippen LogP) is 2.22. The fourth-order valence-electron chi connectivity index (χ4n) is 2.90. The van der Waals surface area contributed by atoms with E-state index in [2.05, 4.69) is 5.32 Å². The first kappa shape index (κ1) is 20.4. The Kier molecular flexibility index (Phi) is 6.75. The second-order valence-electron chi connectivity index (χ2n) is 6.64. The number of ether oxygens (including phenoxy) is 1. The van der Waals surface area contributed by atoms with Crippen molar-refractivity contribution < 1.29 is 17.9 Å². The van der Waals surface area contributed by atoms with Crippen LogP contribution in [0.4, 0.5) is 0 Å². The van der Waals surface area contributed by atoms with Crippen molar-refractivity contribution in [1.82, 2.24) is 5.32 Å². The van der Waals surface area contributed by atoms with Gasteiger partial charge in [0.2, 0.25) is 15.9 Å². The van der Waals surface area contributed by atoms with E-state index < -0.39 is 10.0 Å². The highest BCUT2D eigenvalue weighted by Gasteiger charge is 2.24. The van der Waals surface area contributed by atoms with Crippen molar-refractivity contribution in [3.8, 4) is 0 Å². The molecule has 2 rings (SSSR count). The predicted molar refractivity (Wildman–Crippen MR) is 102 cm³/mol. The molecule has 1 amide bonds. The Morgan fingerprint density at radius 2 is 2.00 bits per heavy atom. The molecule has 6 nitrogen and oxygen atoms in total. The average Bonchev–Trinajstić information content (AvgIpc) is 2.57. The van der Waals surface area contributed by atoms with E-state index in [9.17, 15) is 13.2 Å². The van der Waals surface area contributed by atoms with Crippen LogP contribution in [0.3, 0.4) is 0 Å². The standard InChI is InChI=1S/C19H26N2O4S/c1-13(2)25-11-10-21-19(22)16-9-8-15(12-14(16)3)17-6-4-5-7-18(17)26(20,23)24/h4-9,13-14H,10-12H2,1-3H3,(H,21,22)(H2,20,23,24). The molecule has 0 aromatic heterocycles. The summed E-state index contributed by atoms with van der Waals surface area (Å²) in [6, 6.07) is 6.65. The van der Waals surface area contributed by atoms with Gasteiger partial charge in [-0.1, -0.05) is 37.3 Å². The highest BCUT2D eigenvalue weighted by molar-refractivity contribution is 7.89. The summed E-state index contributed by atoms with van der Waals surface area (Å²) in [5.41, 5.74) is 2.11. The Labute approximate surface area is 155 Å². The van der Waals surface area contributed by atoms with Crippen LogP contribution in [-0.2, 0) is 19.6 Å². The first-order valence-corrected chi connectivity index (χ1v) is 10.2. The molecular formula is C19H26N2O4S. The van der Waals surface area contributed by atoms with E-state index in [0.717, 1.165) is 5.57 Å². The lowest BCUT2D eigenvalue weighted by Crippen LogP contribution is -2.31. The lowest BCUT2D eigenvalue weighted by atomic mass is 9.85. The van der Waals surface area contributed by atoms with Crippen LogP contribution in [0, 0.1) is 5.92 Å². The van der Waals surface area contributed by atoms with E-state index in [0.29, 0.717) is 30.7 Å². The molecule has 3 N–H and O–H groups in total. The topological polar surface area (TPSA) is 98.5 Å². The zero-order valence-electron chi connectivity index (χ0n) is 15.4. The van der Waals surface area contributed by atoms with Crippen LogP contribution in [0.15, 0.2) is 46.9 Å². The van der Waals surface area contributed by atoms with Crippen molar-refractivity contribution in [3.05, 3.63) is 47.6 Å². The third kappa shape index (κ3) is 5.27. The molecule has 1 aliphatic carbocycles. The molecule has 1 unspecified atom stereocenters. The maximum Gasteiger partial charge on any atom is 0.247 e. The third-order valence-corrected chi connectivity index (χ3v) is 5.13. The van der Waals surface area contributed by atoms with Crippen LogP contribution in [0.2, 0.25) is 0 Å². The van der Waals surface area contributed by atoms with Crippen molar-refractivity contribution in [3.63, 3.8) is 0 Å². The van der Waals surface area contributed by atoms with Crippen LogP contribution in [0.1, 0.15) is 32.8 Å². The number of hydrogen-bond acceptors (Lipinski definition) is 4. The Hall–Kier alpha value is -1.96. The summed E-state index contributed by atoms with van der Waals surface area (Å²) in [5, 5.41) is 8.17. The van der Waals surface area contributed by atoms with Crippen LogP contribution in [-0.4, -0.2) is 33.6 Å². The van der Waals surface area contributed by atoms with E-state index in [4.69, 9.17) is 9.88 Å². The first-order valence-electron chi connectivity index (χ1n) is 8.63. The molecule has 26 heavy (non-hydrogen) atoms. The number of rotatable bonds is 7. The van der Waals surface area contributed by atoms with Gasteiger partial charge in [-0.2, -0.15) is 0 Å². The summed E-state index contributed by atoms with van der Waals surface area (Å²) in [5.74, 6) is -0.158. The minimum Gasteiger partial charge on any atom is -0.377 e. The van der Waals surface area contributed by atoms with Crippen molar-refractivity contribution in [2.75, 3.05) is 13.2 Å². The third-order valence-electron chi connectivity index (χ3n) is 4.16. The van der Waals surface area contributed by atoms with Gasteiger partial charge in [0.05, 0.1) is 17.6 Å². The maximum absolute atomic E-state index is 12.3.